The highest BCUT2D eigenvalue weighted by Gasteiger charge is 2.19. The van der Waals surface area contributed by atoms with Crippen molar-refractivity contribution in [3.63, 3.8) is 0 Å². The van der Waals surface area contributed by atoms with Crippen LogP contribution in [0, 0.1) is 0 Å². The maximum Gasteiger partial charge on any atom is 0.306 e. The second kappa shape index (κ2) is 59.4. The lowest BCUT2D eigenvalue weighted by molar-refractivity contribution is -0.167. The van der Waals surface area contributed by atoms with Crippen molar-refractivity contribution in [1.29, 1.82) is 0 Å². The third kappa shape index (κ3) is 57.6. The molecule has 0 spiro atoms. The van der Waals surface area contributed by atoms with Crippen LogP contribution in [0.5, 0.6) is 0 Å². The average Bonchev–Trinajstić information content (AvgIpc) is 3.37. The van der Waals surface area contributed by atoms with Crippen LogP contribution >= 0.6 is 0 Å². The van der Waals surface area contributed by atoms with Gasteiger partial charge in [-0.3, -0.25) is 14.4 Å². The van der Waals surface area contributed by atoms with Crippen molar-refractivity contribution < 1.29 is 28.6 Å². The topological polar surface area (TPSA) is 78.9 Å². The van der Waals surface area contributed by atoms with E-state index >= 15 is 0 Å². The van der Waals surface area contributed by atoms with Crippen LogP contribution in [0.25, 0.3) is 0 Å². The maximum atomic E-state index is 12.9. The molecule has 0 radical (unpaired) electrons. The van der Waals surface area contributed by atoms with Gasteiger partial charge in [-0.1, -0.05) is 280 Å². The fourth-order valence-corrected chi connectivity index (χ4v) is 8.70. The Morgan fingerprint density at radius 2 is 0.606 bits per heavy atom. The third-order valence-electron chi connectivity index (χ3n) is 13.3. The summed E-state index contributed by atoms with van der Waals surface area (Å²) in [7, 11) is 0. The van der Waals surface area contributed by atoms with Gasteiger partial charge in [-0.25, -0.2) is 0 Å². The lowest BCUT2D eigenvalue weighted by Gasteiger charge is -2.18. The minimum absolute atomic E-state index is 0.0857. The molecule has 0 saturated heterocycles. The first-order valence-corrected chi connectivity index (χ1v) is 30.5. The molecular formula is C65H114O6. The Bertz CT molecular complexity index is 1320. The van der Waals surface area contributed by atoms with Crippen molar-refractivity contribution in [2.24, 2.45) is 0 Å². The van der Waals surface area contributed by atoms with Gasteiger partial charge in [0.25, 0.3) is 0 Å². The van der Waals surface area contributed by atoms with E-state index in [1.807, 2.05) is 0 Å². The van der Waals surface area contributed by atoms with Crippen LogP contribution in [0.1, 0.15) is 303 Å². The van der Waals surface area contributed by atoms with E-state index in [1.54, 1.807) is 0 Å². The molecule has 0 rings (SSSR count). The van der Waals surface area contributed by atoms with E-state index < -0.39 is 6.10 Å². The van der Waals surface area contributed by atoms with Crippen molar-refractivity contribution >= 4 is 17.9 Å². The summed E-state index contributed by atoms with van der Waals surface area (Å²) in [5, 5.41) is 0. The highest BCUT2D eigenvalue weighted by Crippen LogP contribution is 2.16. The minimum atomic E-state index is -0.791. The van der Waals surface area contributed by atoms with Crippen LogP contribution in [-0.4, -0.2) is 37.2 Å². The van der Waals surface area contributed by atoms with Gasteiger partial charge in [0.1, 0.15) is 13.2 Å². The molecule has 0 aliphatic carbocycles. The number of hydrogen-bond donors (Lipinski definition) is 0. The van der Waals surface area contributed by atoms with Crippen molar-refractivity contribution in [2.45, 2.75) is 309 Å². The molecule has 0 aromatic heterocycles. The first-order chi connectivity index (χ1) is 35.0. The number of allylic oxidation sites excluding steroid dienone is 12. The van der Waals surface area contributed by atoms with Gasteiger partial charge >= 0.3 is 17.9 Å². The standard InChI is InChI=1S/C65H114O6/c1-4-7-10-13-16-19-22-25-28-31-33-35-37-40-43-46-49-52-55-58-64(67)70-61-62(60-69-63(66)57-54-51-48-45-42-39-36-30-27-24-21-18-15-12-9-6-3)71-65(68)59-56-53-50-47-44-41-38-34-32-29-26-23-20-17-14-11-8-5-2/h9,12,18,21,23,26-27,29-30,32,34,38,62H,4-8,10-11,13-17,19-20,22,24-25,28,31,33,35-37,39-61H2,1-3H3/b12-9-,21-18-,26-23-,30-27-,32-29-,38-34-. The Hall–Kier alpha value is -3.15. The molecule has 0 aliphatic rings. The highest BCUT2D eigenvalue weighted by atomic mass is 16.6. The Balaban J connectivity index is 4.41. The summed E-state index contributed by atoms with van der Waals surface area (Å²) in [6.45, 7) is 6.52. The van der Waals surface area contributed by atoms with Gasteiger partial charge in [0, 0.05) is 19.3 Å². The first-order valence-electron chi connectivity index (χ1n) is 30.5. The fourth-order valence-electron chi connectivity index (χ4n) is 8.70. The van der Waals surface area contributed by atoms with Crippen LogP contribution in [0.3, 0.4) is 0 Å². The molecule has 1 atom stereocenters. The van der Waals surface area contributed by atoms with Crippen LogP contribution in [-0.2, 0) is 28.6 Å². The number of ether oxygens (including phenoxy) is 3. The van der Waals surface area contributed by atoms with Crippen LogP contribution in [0.4, 0.5) is 0 Å². The summed E-state index contributed by atoms with van der Waals surface area (Å²) in [5.74, 6) is -0.906. The van der Waals surface area contributed by atoms with Crippen molar-refractivity contribution in [3.8, 4) is 0 Å². The molecule has 0 saturated carbocycles. The molecule has 410 valence electrons. The number of rotatable bonds is 55. The molecule has 0 N–H and O–H groups in total. The molecule has 0 aromatic rings. The molecule has 0 fully saturated rings. The van der Waals surface area contributed by atoms with Crippen LogP contribution < -0.4 is 0 Å². The van der Waals surface area contributed by atoms with Gasteiger partial charge < -0.3 is 14.2 Å². The third-order valence-corrected chi connectivity index (χ3v) is 13.3. The van der Waals surface area contributed by atoms with E-state index in [0.29, 0.717) is 19.3 Å². The molecule has 0 amide bonds. The quantitative estimate of drug-likeness (QED) is 0.0199. The Morgan fingerprint density at radius 3 is 0.972 bits per heavy atom. The van der Waals surface area contributed by atoms with Gasteiger partial charge in [-0.15, -0.1) is 0 Å². The molecular weight excluding hydrogens is 877 g/mol. The van der Waals surface area contributed by atoms with E-state index in [2.05, 4.69) is 93.7 Å². The molecule has 6 heteroatoms. The molecule has 0 heterocycles. The van der Waals surface area contributed by atoms with E-state index in [9.17, 15) is 14.4 Å². The van der Waals surface area contributed by atoms with Crippen LogP contribution in [0.2, 0.25) is 0 Å². The number of hydrogen-bond acceptors (Lipinski definition) is 6. The maximum absolute atomic E-state index is 12.9. The number of carbonyl (C=O) groups is 3. The SMILES string of the molecule is CC/C=C\C/C=C\C/C=C\CCCCCCCCC(=O)OCC(COC(=O)CCCCCCCCCCCCCCCCCCCCC)OC(=O)CCCCCCC\C=C/C=C\C=C/CCCCCCC. The predicted molar refractivity (Wildman–Crippen MR) is 307 cm³/mol. The monoisotopic (exact) mass is 991 g/mol. The Labute approximate surface area is 440 Å². The zero-order valence-corrected chi connectivity index (χ0v) is 47.0. The summed E-state index contributed by atoms with van der Waals surface area (Å²) in [6.07, 6.45) is 76.1. The second-order valence-corrected chi connectivity index (χ2v) is 20.3. The lowest BCUT2D eigenvalue weighted by Crippen LogP contribution is -2.30. The summed E-state index contributed by atoms with van der Waals surface area (Å²) in [6, 6.07) is 0. The van der Waals surface area contributed by atoms with E-state index in [4.69, 9.17) is 14.2 Å². The van der Waals surface area contributed by atoms with Gasteiger partial charge in [0.2, 0.25) is 0 Å². The smallest absolute Gasteiger partial charge is 0.306 e. The first kappa shape index (κ1) is 67.8. The van der Waals surface area contributed by atoms with Gasteiger partial charge in [-0.05, 0) is 77.0 Å². The average molecular weight is 992 g/mol. The van der Waals surface area contributed by atoms with Gasteiger partial charge in [0.15, 0.2) is 6.10 Å². The van der Waals surface area contributed by atoms with Crippen LogP contribution in [0.15, 0.2) is 72.9 Å². The van der Waals surface area contributed by atoms with Crippen molar-refractivity contribution in [1.82, 2.24) is 0 Å². The van der Waals surface area contributed by atoms with Crippen molar-refractivity contribution in [3.05, 3.63) is 72.9 Å². The zero-order valence-electron chi connectivity index (χ0n) is 47.0. The summed E-state index contributed by atoms with van der Waals surface area (Å²) in [4.78, 5) is 38.3. The fraction of sp³-hybridized carbons (Fsp3) is 0.769. The van der Waals surface area contributed by atoms with E-state index in [1.165, 1.54) is 154 Å². The predicted octanol–water partition coefficient (Wildman–Crippen LogP) is 20.5. The normalized spacial score (nSPS) is 12.5. The largest absolute Gasteiger partial charge is 0.462 e. The molecule has 0 bridgehead atoms. The lowest BCUT2D eigenvalue weighted by atomic mass is 10.0. The minimum Gasteiger partial charge on any atom is -0.462 e. The summed E-state index contributed by atoms with van der Waals surface area (Å²) in [5.41, 5.74) is 0. The Kier molecular flexibility index (Phi) is 56.8. The molecule has 0 aliphatic heterocycles. The summed E-state index contributed by atoms with van der Waals surface area (Å²) < 4.78 is 16.9. The summed E-state index contributed by atoms with van der Waals surface area (Å²) >= 11 is 0. The van der Waals surface area contributed by atoms with E-state index in [0.717, 1.165) is 109 Å². The molecule has 1 unspecified atom stereocenters. The molecule has 6 nitrogen and oxygen atoms in total. The highest BCUT2D eigenvalue weighted by molar-refractivity contribution is 5.71. The molecule has 71 heavy (non-hydrogen) atoms. The number of unbranched alkanes of at least 4 members (excludes halogenated alkanes) is 34. The number of carbonyl (C=O) groups excluding carboxylic acids is 3. The zero-order chi connectivity index (χ0) is 51.4. The second-order valence-electron chi connectivity index (χ2n) is 20.3. The van der Waals surface area contributed by atoms with Gasteiger partial charge in [0.05, 0.1) is 0 Å². The Morgan fingerprint density at radius 1 is 0.310 bits per heavy atom. The number of esters is 3. The van der Waals surface area contributed by atoms with E-state index in [-0.39, 0.29) is 31.1 Å². The van der Waals surface area contributed by atoms with Crippen molar-refractivity contribution in [2.75, 3.05) is 13.2 Å². The van der Waals surface area contributed by atoms with Gasteiger partial charge in [-0.2, -0.15) is 0 Å². The molecule has 0 aromatic carbocycles.